The van der Waals surface area contributed by atoms with Crippen LogP contribution in [-0.4, -0.2) is 78.3 Å². The van der Waals surface area contributed by atoms with Crippen molar-refractivity contribution < 1.29 is 23.8 Å². The molecule has 2 unspecified atom stereocenters. The van der Waals surface area contributed by atoms with E-state index >= 15 is 0 Å². The van der Waals surface area contributed by atoms with E-state index in [0.717, 1.165) is 35.5 Å². The van der Waals surface area contributed by atoms with Crippen molar-refractivity contribution in [2.75, 3.05) is 26.8 Å². The number of ether oxygens (including phenoxy) is 3. The lowest BCUT2D eigenvalue weighted by Gasteiger charge is -2.35. The fraction of sp³-hybridized carbons (Fsp3) is 0.371. The molecule has 0 aromatic heterocycles. The Hall–Kier alpha value is -4.66. The molecule has 230 valence electrons. The van der Waals surface area contributed by atoms with Gasteiger partial charge in [-0.3, -0.25) is 19.7 Å². The quantitative estimate of drug-likeness (QED) is 0.245. The van der Waals surface area contributed by atoms with E-state index in [1.54, 1.807) is 16.8 Å². The molecule has 0 aliphatic carbocycles. The van der Waals surface area contributed by atoms with E-state index in [1.165, 1.54) is 0 Å². The van der Waals surface area contributed by atoms with Crippen LogP contribution >= 0.6 is 0 Å². The van der Waals surface area contributed by atoms with Crippen molar-refractivity contribution in [2.24, 2.45) is 10.1 Å². The average molecular weight is 597 g/mol. The number of nitrogens with zero attached hydrogens (tertiary/aromatic N) is 4. The fourth-order valence-corrected chi connectivity index (χ4v) is 5.54. The van der Waals surface area contributed by atoms with Gasteiger partial charge in [-0.15, -0.1) is 0 Å². The molecule has 0 saturated heterocycles. The molecule has 2 aliphatic rings. The highest BCUT2D eigenvalue weighted by Crippen LogP contribution is 2.27. The third-order valence-corrected chi connectivity index (χ3v) is 7.66. The predicted molar refractivity (Wildman–Crippen MR) is 170 cm³/mol. The van der Waals surface area contributed by atoms with Crippen LogP contribution in [0.4, 0.5) is 0 Å². The smallest absolute Gasteiger partial charge is 0.347 e. The van der Waals surface area contributed by atoms with Gasteiger partial charge in [-0.2, -0.15) is 5.10 Å². The lowest BCUT2D eigenvalue weighted by atomic mass is 9.97. The summed E-state index contributed by atoms with van der Waals surface area (Å²) in [7, 11) is 1.85. The zero-order chi connectivity index (χ0) is 30.9. The summed E-state index contributed by atoms with van der Waals surface area (Å²) in [6.07, 6.45) is 1.91. The molecule has 44 heavy (non-hydrogen) atoms. The lowest BCUT2D eigenvalue weighted by molar-refractivity contribution is -0.151. The maximum absolute atomic E-state index is 13.8. The number of carbonyl (C=O) groups excluding carboxylic acids is 2. The molecular formula is C35H40N4O5. The second-order valence-corrected chi connectivity index (χ2v) is 10.9. The number of carbonyl (C=O) groups is 2. The predicted octanol–water partition coefficient (Wildman–Crippen LogP) is 4.94. The second kappa shape index (κ2) is 14.7. The standard InChI is InChI=1S/C35H40N4O5/c1-4-12-29-32-33(38(3)37-29)34(40)39(31(36-32)24-25-13-8-6-9-14-25)21-22-43-27-19-17-26(18-20-27)23-30(35(41)42-5-2)44-28-15-10-7-11-16-28/h6-11,13-20,30,32-33H,4-5,12,21-24H2,1-3H3/t30-,32?,33?/m0/s1. The molecule has 5 rings (SSSR count). The van der Waals surface area contributed by atoms with Crippen LogP contribution in [-0.2, 0) is 27.2 Å². The molecule has 3 aromatic rings. The summed E-state index contributed by atoms with van der Waals surface area (Å²) in [6.45, 7) is 4.83. The van der Waals surface area contributed by atoms with E-state index in [1.807, 2.05) is 79.8 Å². The zero-order valence-electron chi connectivity index (χ0n) is 25.6. The number of para-hydroxylation sites is 1. The van der Waals surface area contributed by atoms with E-state index < -0.39 is 18.1 Å². The monoisotopic (exact) mass is 596 g/mol. The van der Waals surface area contributed by atoms with Crippen LogP contribution in [0.5, 0.6) is 11.5 Å². The number of amides is 1. The summed E-state index contributed by atoms with van der Waals surface area (Å²) >= 11 is 0. The Morgan fingerprint density at radius 3 is 2.30 bits per heavy atom. The molecule has 9 heteroatoms. The summed E-state index contributed by atoms with van der Waals surface area (Å²) in [5.74, 6) is 1.61. The second-order valence-electron chi connectivity index (χ2n) is 10.9. The average Bonchev–Trinajstić information content (AvgIpc) is 3.35. The van der Waals surface area contributed by atoms with Gasteiger partial charge in [0, 0.05) is 19.9 Å². The highest BCUT2D eigenvalue weighted by molar-refractivity contribution is 6.09. The van der Waals surface area contributed by atoms with Gasteiger partial charge in [0.15, 0.2) is 12.1 Å². The maximum Gasteiger partial charge on any atom is 0.347 e. The Labute approximate surface area is 259 Å². The van der Waals surface area contributed by atoms with Gasteiger partial charge in [-0.25, -0.2) is 4.79 Å². The van der Waals surface area contributed by atoms with Gasteiger partial charge in [0.25, 0.3) is 5.91 Å². The lowest BCUT2D eigenvalue weighted by Crippen LogP contribution is -2.57. The summed E-state index contributed by atoms with van der Waals surface area (Å²) in [4.78, 5) is 33.3. The minimum atomic E-state index is -0.768. The van der Waals surface area contributed by atoms with Gasteiger partial charge in [0.1, 0.15) is 30.0 Å². The van der Waals surface area contributed by atoms with Crippen LogP contribution in [0.15, 0.2) is 95.0 Å². The Morgan fingerprint density at radius 1 is 0.909 bits per heavy atom. The van der Waals surface area contributed by atoms with Crippen LogP contribution < -0.4 is 9.47 Å². The van der Waals surface area contributed by atoms with Gasteiger partial charge in [0.2, 0.25) is 0 Å². The minimum Gasteiger partial charge on any atom is -0.492 e. The third kappa shape index (κ3) is 7.45. The molecular weight excluding hydrogens is 556 g/mol. The van der Waals surface area contributed by atoms with E-state index in [9.17, 15) is 9.59 Å². The molecule has 0 saturated carbocycles. The van der Waals surface area contributed by atoms with E-state index in [0.29, 0.717) is 37.5 Å². The first-order chi connectivity index (χ1) is 21.5. The summed E-state index contributed by atoms with van der Waals surface area (Å²) in [5.41, 5.74) is 2.97. The molecule has 0 radical (unpaired) electrons. The number of esters is 1. The first kappa shape index (κ1) is 30.8. The molecule has 0 fully saturated rings. The largest absolute Gasteiger partial charge is 0.492 e. The van der Waals surface area contributed by atoms with Gasteiger partial charge < -0.3 is 14.2 Å². The van der Waals surface area contributed by atoms with Gasteiger partial charge in [0.05, 0.1) is 18.9 Å². The third-order valence-electron chi connectivity index (χ3n) is 7.66. The highest BCUT2D eigenvalue weighted by Gasteiger charge is 2.46. The van der Waals surface area contributed by atoms with Crippen molar-refractivity contribution in [1.82, 2.24) is 9.91 Å². The first-order valence-electron chi connectivity index (χ1n) is 15.3. The topological polar surface area (TPSA) is 93.0 Å². The SMILES string of the molecule is CCCC1=NN(C)C2C(=O)N(CCOc3ccc(C[C@H](Oc4ccccc4)C(=O)OCC)cc3)C(Cc3ccccc3)=NC12. The molecule has 0 bridgehead atoms. The van der Waals surface area contributed by atoms with Crippen molar-refractivity contribution in [3.05, 3.63) is 96.1 Å². The molecule has 1 amide bonds. The fourth-order valence-electron chi connectivity index (χ4n) is 5.54. The van der Waals surface area contributed by atoms with Crippen molar-refractivity contribution in [3.63, 3.8) is 0 Å². The van der Waals surface area contributed by atoms with Crippen LogP contribution in [0.2, 0.25) is 0 Å². The van der Waals surface area contributed by atoms with Gasteiger partial charge >= 0.3 is 5.97 Å². The van der Waals surface area contributed by atoms with Crippen molar-refractivity contribution in [1.29, 1.82) is 0 Å². The number of hydrogen-bond donors (Lipinski definition) is 0. The van der Waals surface area contributed by atoms with Crippen molar-refractivity contribution >= 4 is 23.4 Å². The Kier molecular flexibility index (Phi) is 10.3. The van der Waals surface area contributed by atoms with E-state index in [2.05, 4.69) is 24.2 Å². The number of fused-ring (bicyclic) bond motifs is 1. The molecule has 0 spiro atoms. The molecule has 9 nitrogen and oxygen atoms in total. The normalized spacial score (nSPS) is 18.3. The number of hydrogen-bond acceptors (Lipinski definition) is 8. The van der Waals surface area contributed by atoms with Crippen molar-refractivity contribution in [2.45, 2.75) is 57.7 Å². The van der Waals surface area contributed by atoms with Gasteiger partial charge in [-0.05, 0) is 48.7 Å². The molecule has 2 heterocycles. The highest BCUT2D eigenvalue weighted by atomic mass is 16.6. The minimum absolute atomic E-state index is 0.00402. The maximum atomic E-state index is 13.8. The Bertz CT molecular complexity index is 1460. The van der Waals surface area contributed by atoms with E-state index in [4.69, 9.17) is 19.2 Å². The van der Waals surface area contributed by atoms with Crippen molar-refractivity contribution in [3.8, 4) is 11.5 Å². The number of likely N-dealkylation sites (N-methyl/N-ethyl adjacent to an activating group) is 1. The Morgan fingerprint density at radius 2 is 1.61 bits per heavy atom. The first-order valence-corrected chi connectivity index (χ1v) is 15.3. The molecule has 3 aromatic carbocycles. The molecule has 0 N–H and O–H groups in total. The number of hydrazone groups is 1. The Balaban J connectivity index is 1.24. The number of aliphatic imine (C=N–C) groups is 1. The van der Waals surface area contributed by atoms with Crippen LogP contribution in [0, 0.1) is 0 Å². The molecule has 3 atom stereocenters. The van der Waals surface area contributed by atoms with Crippen LogP contribution in [0.25, 0.3) is 0 Å². The number of amidine groups is 1. The summed E-state index contributed by atoms with van der Waals surface area (Å²) < 4.78 is 17.3. The summed E-state index contributed by atoms with van der Waals surface area (Å²) in [6, 6.07) is 26.2. The summed E-state index contributed by atoms with van der Waals surface area (Å²) in [5, 5.41) is 6.44. The van der Waals surface area contributed by atoms with Gasteiger partial charge in [-0.1, -0.05) is 74.0 Å². The number of benzene rings is 3. The van der Waals surface area contributed by atoms with Crippen LogP contribution in [0.1, 0.15) is 37.8 Å². The number of rotatable bonds is 14. The van der Waals surface area contributed by atoms with E-state index in [-0.39, 0.29) is 18.6 Å². The molecule has 2 aliphatic heterocycles. The van der Waals surface area contributed by atoms with Crippen LogP contribution in [0.3, 0.4) is 0 Å². The zero-order valence-corrected chi connectivity index (χ0v) is 25.6.